The molecule has 1 saturated heterocycles. The molecule has 1 aliphatic heterocycles. The standard InChI is InChI=1S/C30H33FN6O3S.ClH/c1-19-9-10-22-23(11-12-25(31)27(22)37-41(38,39)18-20-5-2-6-20)28(19)40-29-24(8-4-15-33-29)26-13-16-34-30(36-26)35-21-7-3-14-32-17-21;/h4,8-13,15-16,20-21,32,37H,2-3,5-7,14,17-18H2,1H3,(H,34,35,36);1H. The molecule has 3 heterocycles. The van der Waals surface area contributed by atoms with Gasteiger partial charge in [-0.3, -0.25) is 4.72 Å². The lowest BCUT2D eigenvalue weighted by atomic mass is 9.87. The third-order valence-corrected chi connectivity index (χ3v) is 9.19. The maximum absolute atomic E-state index is 15.0. The summed E-state index contributed by atoms with van der Waals surface area (Å²) in [4.78, 5) is 13.6. The Balaban J connectivity index is 0.00000353. The lowest BCUT2D eigenvalue weighted by Gasteiger charge is -2.25. The maximum atomic E-state index is 15.0. The van der Waals surface area contributed by atoms with Gasteiger partial charge in [-0.25, -0.2) is 27.8 Å². The molecule has 6 rings (SSSR count). The molecule has 42 heavy (non-hydrogen) atoms. The van der Waals surface area contributed by atoms with Crippen LogP contribution in [0.15, 0.2) is 54.9 Å². The number of sulfonamides is 1. The summed E-state index contributed by atoms with van der Waals surface area (Å²) in [5, 5.41) is 7.77. The van der Waals surface area contributed by atoms with E-state index in [0.717, 1.165) is 50.8 Å². The Labute approximate surface area is 251 Å². The molecule has 3 N–H and O–H groups in total. The number of hydrogen-bond acceptors (Lipinski definition) is 8. The first-order valence-electron chi connectivity index (χ1n) is 14.0. The Kier molecular flexibility index (Phi) is 9.10. The van der Waals surface area contributed by atoms with E-state index in [4.69, 9.17) is 9.72 Å². The number of anilines is 2. The molecule has 1 atom stereocenters. The second-order valence-corrected chi connectivity index (χ2v) is 12.6. The van der Waals surface area contributed by atoms with E-state index in [0.29, 0.717) is 39.6 Å². The highest BCUT2D eigenvalue weighted by Gasteiger charge is 2.26. The zero-order chi connectivity index (χ0) is 28.4. The Morgan fingerprint density at radius 2 is 1.86 bits per heavy atom. The van der Waals surface area contributed by atoms with Gasteiger partial charge in [0.05, 0.1) is 22.7 Å². The number of pyridine rings is 1. The van der Waals surface area contributed by atoms with Crippen molar-refractivity contribution in [3.63, 3.8) is 0 Å². The molecule has 2 fully saturated rings. The quantitative estimate of drug-likeness (QED) is 0.209. The van der Waals surface area contributed by atoms with Gasteiger partial charge in [-0.05, 0) is 81.0 Å². The lowest BCUT2D eigenvalue weighted by Crippen LogP contribution is -2.38. The van der Waals surface area contributed by atoms with Crippen LogP contribution in [0.25, 0.3) is 22.0 Å². The van der Waals surface area contributed by atoms with Crippen molar-refractivity contribution in [3.8, 4) is 22.9 Å². The number of aromatic nitrogens is 3. The summed E-state index contributed by atoms with van der Waals surface area (Å²) in [6, 6.07) is 12.1. The second kappa shape index (κ2) is 12.8. The number of nitrogens with one attached hydrogen (secondary N) is 3. The number of nitrogens with zero attached hydrogens (tertiary/aromatic N) is 3. The minimum Gasteiger partial charge on any atom is -0.437 e. The molecule has 1 aliphatic carbocycles. The predicted molar refractivity (Wildman–Crippen MR) is 165 cm³/mol. The van der Waals surface area contributed by atoms with Gasteiger partial charge in [-0.2, -0.15) is 0 Å². The van der Waals surface area contributed by atoms with E-state index in [2.05, 4.69) is 25.3 Å². The summed E-state index contributed by atoms with van der Waals surface area (Å²) < 4.78 is 49.7. The van der Waals surface area contributed by atoms with Crippen LogP contribution in [0.4, 0.5) is 16.0 Å². The Morgan fingerprint density at radius 1 is 1.02 bits per heavy atom. The Morgan fingerprint density at radius 3 is 2.62 bits per heavy atom. The van der Waals surface area contributed by atoms with Crippen molar-refractivity contribution in [1.29, 1.82) is 0 Å². The molecule has 2 aliphatic rings. The highest BCUT2D eigenvalue weighted by Crippen LogP contribution is 2.40. The largest absolute Gasteiger partial charge is 0.437 e. The molecule has 0 amide bonds. The van der Waals surface area contributed by atoms with E-state index in [-0.39, 0.29) is 35.8 Å². The molecule has 0 radical (unpaired) electrons. The first kappa shape index (κ1) is 29.9. The fourth-order valence-electron chi connectivity index (χ4n) is 5.37. The van der Waals surface area contributed by atoms with Gasteiger partial charge in [-0.1, -0.05) is 18.6 Å². The number of benzene rings is 2. The lowest BCUT2D eigenvalue weighted by molar-refractivity contribution is 0.347. The topological polar surface area (TPSA) is 118 Å². The van der Waals surface area contributed by atoms with Gasteiger partial charge in [0.25, 0.3) is 0 Å². The fourth-order valence-corrected chi connectivity index (χ4v) is 6.92. The fraction of sp³-hybridized carbons (Fsp3) is 0.367. The van der Waals surface area contributed by atoms with E-state index in [1.54, 1.807) is 36.7 Å². The maximum Gasteiger partial charge on any atom is 0.233 e. The first-order chi connectivity index (χ1) is 19.9. The first-order valence-corrected chi connectivity index (χ1v) is 15.7. The molecule has 0 spiro atoms. The van der Waals surface area contributed by atoms with Gasteiger partial charge in [0.2, 0.25) is 21.9 Å². The van der Waals surface area contributed by atoms with Crippen LogP contribution < -0.4 is 20.1 Å². The van der Waals surface area contributed by atoms with E-state index in [1.807, 2.05) is 19.1 Å². The summed E-state index contributed by atoms with van der Waals surface area (Å²) >= 11 is 0. The van der Waals surface area contributed by atoms with Crippen molar-refractivity contribution in [1.82, 2.24) is 20.3 Å². The molecular weight excluding hydrogens is 579 g/mol. The van der Waals surface area contributed by atoms with Gasteiger partial charge in [-0.15, -0.1) is 12.4 Å². The molecule has 1 unspecified atom stereocenters. The van der Waals surface area contributed by atoms with Gasteiger partial charge in [0.1, 0.15) is 11.6 Å². The van der Waals surface area contributed by atoms with E-state index >= 15 is 4.39 Å². The third-order valence-electron chi connectivity index (χ3n) is 7.77. The number of piperidine rings is 1. The normalized spacial score (nSPS) is 17.2. The number of rotatable bonds is 9. The van der Waals surface area contributed by atoms with Crippen LogP contribution in [-0.4, -0.2) is 48.3 Å². The highest BCUT2D eigenvalue weighted by molar-refractivity contribution is 7.92. The predicted octanol–water partition coefficient (Wildman–Crippen LogP) is 6.06. The van der Waals surface area contributed by atoms with Crippen LogP contribution in [0.1, 0.15) is 37.7 Å². The van der Waals surface area contributed by atoms with Gasteiger partial charge >= 0.3 is 0 Å². The summed E-state index contributed by atoms with van der Waals surface area (Å²) in [6.07, 6.45) is 8.26. The third kappa shape index (κ3) is 6.58. The van der Waals surface area contributed by atoms with Crippen LogP contribution in [0.3, 0.4) is 0 Å². The molecule has 222 valence electrons. The summed E-state index contributed by atoms with van der Waals surface area (Å²) in [5.41, 5.74) is 2.03. The van der Waals surface area contributed by atoms with Crippen molar-refractivity contribution in [3.05, 3.63) is 66.2 Å². The summed E-state index contributed by atoms with van der Waals surface area (Å²) in [7, 11) is -3.72. The van der Waals surface area contributed by atoms with E-state index < -0.39 is 15.8 Å². The summed E-state index contributed by atoms with van der Waals surface area (Å²) in [5.74, 6) is 0.776. The molecule has 4 aromatic rings. The van der Waals surface area contributed by atoms with Crippen molar-refractivity contribution < 1.29 is 17.5 Å². The van der Waals surface area contributed by atoms with Crippen LogP contribution in [0.2, 0.25) is 0 Å². The van der Waals surface area contributed by atoms with Gasteiger partial charge < -0.3 is 15.4 Å². The van der Waals surface area contributed by atoms with Crippen LogP contribution in [-0.2, 0) is 10.0 Å². The average Bonchev–Trinajstić information content (AvgIpc) is 2.95. The van der Waals surface area contributed by atoms with Crippen LogP contribution in [0, 0.1) is 18.7 Å². The Bertz CT molecular complexity index is 1680. The zero-order valence-corrected chi connectivity index (χ0v) is 24.9. The molecular formula is C30H34ClFN6O3S. The van der Waals surface area contributed by atoms with Crippen LogP contribution in [0.5, 0.6) is 11.6 Å². The second-order valence-electron chi connectivity index (χ2n) is 10.8. The molecule has 2 aromatic carbocycles. The molecule has 1 saturated carbocycles. The smallest absolute Gasteiger partial charge is 0.233 e. The van der Waals surface area contributed by atoms with Crippen molar-refractivity contribution in [2.75, 3.05) is 28.9 Å². The molecule has 9 nitrogen and oxygen atoms in total. The molecule has 2 aromatic heterocycles. The Hall–Kier alpha value is -3.54. The number of halogens is 2. The minimum absolute atomic E-state index is 0. The zero-order valence-electron chi connectivity index (χ0n) is 23.3. The van der Waals surface area contributed by atoms with Gasteiger partial charge in [0, 0.05) is 35.8 Å². The minimum atomic E-state index is -3.72. The number of ether oxygens (including phenoxy) is 1. The van der Waals surface area contributed by atoms with E-state index in [9.17, 15) is 8.42 Å². The monoisotopic (exact) mass is 612 g/mol. The number of aryl methyl sites for hydroxylation is 1. The average molecular weight is 613 g/mol. The van der Waals surface area contributed by atoms with Crippen molar-refractivity contribution >= 4 is 44.8 Å². The van der Waals surface area contributed by atoms with E-state index in [1.165, 1.54) is 6.07 Å². The molecule has 12 heteroatoms. The number of fused-ring (bicyclic) bond motifs is 1. The van der Waals surface area contributed by atoms with Crippen LogP contribution >= 0.6 is 12.4 Å². The summed E-state index contributed by atoms with van der Waals surface area (Å²) in [6.45, 7) is 3.75. The van der Waals surface area contributed by atoms with Crippen molar-refractivity contribution in [2.24, 2.45) is 5.92 Å². The number of hydrogen-bond donors (Lipinski definition) is 3. The highest BCUT2D eigenvalue weighted by atomic mass is 35.5. The van der Waals surface area contributed by atoms with Crippen molar-refractivity contribution in [2.45, 2.75) is 45.1 Å². The van der Waals surface area contributed by atoms with Gasteiger partial charge in [0.15, 0.2) is 0 Å². The molecule has 0 bridgehead atoms. The SMILES string of the molecule is Cc1ccc2c(NS(=O)(=O)CC3CCC3)c(F)ccc2c1Oc1ncccc1-c1ccnc(NC2CCCNC2)n1.Cl.